The molecule has 2 fully saturated rings. The topological polar surface area (TPSA) is 65.8 Å². The SMILES string of the molecule is N#Cc1ccc(OCCN2CCN(C(=O)[C@H]3CCCO3)CC2)cc1. The highest BCUT2D eigenvalue weighted by Gasteiger charge is 2.30. The summed E-state index contributed by atoms with van der Waals surface area (Å²) in [4.78, 5) is 16.5. The summed E-state index contributed by atoms with van der Waals surface area (Å²) in [7, 11) is 0. The number of carbonyl (C=O) groups excluding carboxylic acids is 1. The van der Waals surface area contributed by atoms with Crippen LogP contribution in [0.4, 0.5) is 0 Å². The number of hydrogen-bond acceptors (Lipinski definition) is 5. The van der Waals surface area contributed by atoms with Gasteiger partial charge in [0.15, 0.2) is 0 Å². The monoisotopic (exact) mass is 329 g/mol. The third-order valence-electron chi connectivity index (χ3n) is 4.55. The Kier molecular flexibility index (Phi) is 5.68. The molecule has 0 unspecified atom stereocenters. The van der Waals surface area contributed by atoms with Gasteiger partial charge < -0.3 is 14.4 Å². The van der Waals surface area contributed by atoms with Crippen LogP contribution in [0.2, 0.25) is 0 Å². The van der Waals surface area contributed by atoms with Gasteiger partial charge in [0, 0.05) is 39.3 Å². The van der Waals surface area contributed by atoms with Crippen molar-refractivity contribution in [1.82, 2.24) is 9.80 Å². The number of carbonyl (C=O) groups is 1. The molecule has 2 aliphatic heterocycles. The maximum absolute atomic E-state index is 12.3. The van der Waals surface area contributed by atoms with Gasteiger partial charge in [-0.3, -0.25) is 9.69 Å². The first-order valence-corrected chi connectivity index (χ1v) is 8.52. The lowest BCUT2D eigenvalue weighted by Gasteiger charge is -2.35. The van der Waals surface area contributed by atoms with Gasteiger partial charge in [0.05, 0.1) is 11.6 Å². The van der Waals surface area contributed by atoms with Crippen molar-refractivity contribution in [2.45, 2.75) is 18.9 Å². The summed E-state index contributed by atoms with van der Waals surface area (Å²) < 4.78 is 11.2. The van der Waals surface area contributed by atoms with E-state index in [1.54, 1.807) is 12.1 Å². The maximum atomic E-state index is 12.3. The Labute approximate surface area is 142 Å². The van der Waals surface area contributed by atoms with E-state index < -0.39 is 0 Å². The third kappa shape index (κ3) is 4.25. The fourth-order valence-corrected chi connectivity index (χ4v) is 3.09. The summed E-state index contributed by atoms with van der Waals surface area (Å²) in [5.41, 5.74) is 0.634. The molecule has 1 aromatic carbocycles. The van der Waals surface area contributed by atoms with Crippen molar-refractivity contribution in [3.63, 3.8) is 0 Å². The van der Waals surface area contributed by atoms with E-state index in [-0.39, 0.29) is 12.0 Å². The molecule has 0 spiro atoms. The van der Waals surface area contributed by atoms with E-state index in [9.17, 15) is 4.79 Å². The molecule has 1 amide bonds. The number of nitrogens with zero attached hydrogens (tertiary/aromatic N) is 3. The summed E-state index contributed by atoms with van der Waals surface area (Å²) in [5, 5.41) is 8.77. The second-order valence-electron chi connectivity index (χ2n) is 6.15. The molecule has 1 aromatic rings. The zero-order chi connectivity index (χ0) is 16.8. The number of benzene rings is 1. The van der Waals surface area contributed by atoms with Gasteiger partial charge in [-0.25, -0.2) is 0 Å². The average molecular weight is 329 g/mol. The molecule has 0 bridgehead atoms. The van der Waals surface area contributed by atoms with E-state index in [1.165, 1.54) is 0 Å². The van der Waals surface area contributed by atoms with Gasteiger partial charge in [-0.2, -0.15) is 5.26 Å². The number of hydrogen-bond donors (Lipinski definition) is 0. The highest BCUT2D eigenvalue weighted by molar-refractivity contribution is 5.81. The lowest BCUT2D eigenvalue weighted by molar-refractivity contribution is -0.142. The van der Waals surface area contributed by atoms with Crippen LogP contribution in [0.15, 0.2) is 24.3 Å². The molecule has 128 valence electrons. The van der Waals surface area contributed by atoms with Crippen LogP contribution in [0.25, 0.3) is 0 Å². The van der Waals surface area contributed by atoms with Crippen LogP contribution >= 0.6 is 0 Å². The predicted octanol–water partition coefficient (Wildman–Crippen LogP) is 1.26. The summed E-state index contributed by atoms with van der Waals surface area (Å²) in [6, 6.07) is 9.23. The molecule has 0 N–H and O–H groups in total. The van der Waals surface area contributed by atoms with E-state index in [0.29, 0.717) is 18.8 Å². The lowest BCUT2D eigenvalue weighted by atomic mass is 10.2. The largest absolute Gasteiger partial charge is 0.492 e. The van der Waals surface area contributed by atoms with Crippen molar-refractivity contribution in [2.75, 3.05) is 45.9 Å². The Bertz CT molecular complexity index is 583. The van der Waals surface area contributed by atoms with E-state index in [4.69, 9.17) is 14.7 Å². The molecule has 6 heteroatoms. The third-order valence-corrected chi connectivity index (χ3v) is 4.55. The highest BCUT2D eigenvalue weighted by Crippen LogP contribution is 2.16. The van der Waals surface area contributed by atoms with Crippen molar-refractivity contribution in [2.24, 2.45) is 0 Å². The van der Waals surface area contributed by atoms with Gasteiger partial charge >= 0.3 is 0 Å². The van der Waals surface area contributed by atoms with Gasteiger partial charge in [-0.15, -0.1) is 0 Å². The van der Waals surface area contributed by atoms with E-state index in [2.05, 4.69) is 11.0 Å². The molecular weight excluding hydrogens is 306 g/mol. The van der Waals surface area contributed by atoms with Gasteiger partial charge in [0.1, 0.15) is 18.5 Å². The molecular formula is C18H23N3O3. The molecule has 0 saturated carbocycles. The second kappa shape index (κ2) is 8.13. The standard InChI is InChI=1S/C18H23N3O3/c19-14-15-3-5-16(6-4-15)23-13-11-20-7-9-21(10-8-20)18(22)17-2-1-12-24-17/h3-6,17H,1-2,7-13H2/t17-/m1/s1. The molecule has 0 radical (unpaired) electrons. The zero-order valence-corrected chi connectivity index (χ0v) is 13.8. The molecule has 3 rings (SSSR count). The van der Waals surface area contributed by atoms with Crippen LogP contribution in [0, 0.1) is 11.3 Å². The molecule has 24 heavy (non-hydrogen) atoms. The van der Waals surface area contributed by atoms with Crippen LogP contribution in [0.3, 0.4) is 0 Å². The molecule has 1 atom stereocenters. The minimum absolute atomic E-state index is 0.154. The molecule has 0 aliphatic carbocycles. The van der Waals surface area contributed by atoms with Crippen molar-refractivity contribution in [3.05, 3.63) is 29.8 Å². The maximum Gasteiger partial charge on any atom is 0.251 e. The number of piperazine rings is 1. The quantitative estimate of drug-likeness (QED) is 0.814. The minimum Gasteiger partial charge on any atom is -0.492 e. The van der Waals surface area contributed by atoms with Crippen molar-refractivity contribution in [1.29, 1.82) is 5.26 Å². The molecule has 0 aromatic heterocycles. The fraction of sp³-hybridized carbons (Fsp3) is 0.556. The smallest absolute Gasteiger partial charge is 0.251 e. The first-order valence-electron chi connectivity index (χ1n) is 8.52. The fourth-order valence-electron chi connectivity index (χ4n) is 3.09. The van der Waals surface area contributed by atoms with E-state index in [0.717, 1.165) is 51.3 Å². The summed E-state index contributed by atoms with van der Waals surface area (Å²) in [6.45, 7) is 5.41. The van der Waals surface area contributed by atoms with Crippen molar-refractivity contribution in [3.8, 4) is 11.8 Å². The van der Waals surface area contributed by atoms with Crippen LogP contribution in [-0.2, 0) is 9.53 Å². The summed E-state index contributed by atoms with van der Waals surface area (Å²) in [5.74, 6) is 0.933. The molecule has 2 saturated heterocycles. The number of rotatable bonds is 5. The van der Waals surface area contributed by atoms with Crippen molar-refractivity contribution < 1.29 is 14.3 Å². The minimum atomic E-state index is -0.212. The summed E-state index contributed by atoms with van der Waals surface area (Å²) in [6.07, 6.45) is 1.64. The molecule has 2 heterocycles. The van der Waals surface area contributed by atoms with Crippen LogP contribution < -0.4 is 4.74 Å². The first-order chi connectivity index (χ1) is 11.8. The summed E-state index contributed by atoms with van der Waals surface area (Å²) >= 11 is 0. The zero-order valence-electron chi connectivity index (χ0n) is 13.8. The number of ether oxygens (including phenoxy) is 2. The van der Waals surface area contributed by atoms with Crippen LogP contribution in [-0.4, -0.2) is 67.7 Å². The average Bonchev–Trinajstić information content (AvgIpc) is 3.17. The van der Waals surface area contributed by atoms with Crippen LogP contribution in [0.5, 0.6) is 5.75 Å². The Balaban J connectivity index is 1.36. The Morgan fingerprint density at radius 2 is 2.00 bits per heavy atom. The van der Waals surface area contributed by atoms with E-state index in [1.807, 2.05) is 17.0 Å². The van der Waals surface area contributed by atoms with Gasteiger partial charge in [0.25, 0.3) is 5.91 Å². The Morgan fingerprint density at radius 1 is 1.25 bits per heavy atom. The number of nitriles is 1. The van der Waals surface area contributed by atoms with Gasteiger partial charge in [-0.05, 0) is 37.1 Å². The van der Waals surface area contributed by atoms with Crippen LogP contribution in [0.1, 0.15) is 18.4 Å². The Morgan fingerprint density at radius 3 is 2.62 bits per heavy atom. The number of amides is 1. The normalized spacial score (nSPS) is 21.5. The Hall–Kier alpha value is -2.10. The molecule has 6 nitrogen and oxygen atoms in total. The van der Waals surface area contributed by atoms with Gasteiger partial charge in [0.2, 0.25) is 0 Å². The van der Waals surface area contributed by atoms with E-state index >= 15 is 0 Å². The van der Waals surface area contributed by atoms with Gasteiger partial charge in [-0.1, -0.05) is 0 Å². The predicted molar refractivity (Wildman–Crippen MR) is 88.6 cm³/mol. The first kappa shape index (κ1) is 16.7. The van der Waals surface area contributed by atoms with Crippen molar-refractivity contribution >= 4 is 5.91 Å². The molecule has 2 aliphatic rings. The second-order valence-corrected chi connectivity index (χ2v) is 6.15. The highest BCUT2D eigenvalue weighted by atomic mass is 16.5. The lowest BCUT2D eigenvalue weighted by Crippen LogP contribution is -2.52.